The summed E-state index contributed by atoms with van der Waals surface area (Å²) in [4.78, 5) is 23.1. The summed E-state index contributed by atoms with van der Waals surface area (Å²) in [6.07, 6.45) is 4.59. The van der Waals surface area contributed by atoms with Gasteiger partial charge < -0.3 is 14.9 Å². The van der Waals surface area contributed by atoms with Crippen molar-refractivity contribution in [3.8, 4) is 0 Å². The third-order valence-corrected chi connectivity index (χ3v) is 4.97. The summed E-state index contributed by atoms with van der Waals surface area (Å²) in [7, 11) is 3.84. The summed E-state index contributed by atoms with van der Waals surface area (Å²) in [6.45, 7) is 3.14. The number of hydrogen-bond acceptors (Lipinski definition) is 5. The highest BCUT2D eigenvalue weighted by molar-refractivity contribution is 5.94. The van der Waals surface area contributed by atoms with Crippen molar-refractivity contribution >= 4 is 11.7 Å². The van der Waals surface area contributed by atoms with Crippen LogP contribution in [0.2, 0.25) is 0 Å². The molecule has 1 aliphatic carbocycles. The van der Waals surface area contributed by atoms with E-state index in [0.29, 0.717) is 5.56 Å². The van der Waals surface area contributed by atoms with E-state index in [1.807, 2.05) is 30.0 Å². The Morgan fingerprint density at radius 1 is 1.26 bits per heavy atom. The standard InChI is InChI=1S/C17H26N4O2/c1-19(2)16-12-13(6-7-18-16)17(23)21-10-8-20(9-11-21)14-4-3-5-15(14)22/h6-7,12,14-15,22H,3-5,8-11H2,1-2H3/t14-,15+/m0/s1. The Kier molecular flexibility index (Phi) is 4.82. The molecule has 0 unspecified atom stereocenters. The molecular weight excluding hydrogens is 292 g/mol. The highest BCUT2D eigenvalue weighted by Crippen LogP contribution is 2.25. The average molecular weight is 318 g/mol. The van der Waals surface area contributed by atoms with Crippen LogP contribution in [0.3, 0.4) is 0 Å². The molecule has 3 rings (SSSR count). The number of carbonyl (C=O) groups excluding carboxylic acids is 1. The average Bonchev–Trinajstić information content (AvgIpc) is 3.00. The second-order valence-corrected chi connectivity index (χ2v) is 6.69. The molecule has 0 spiro atoms. The van der Waals surface area contributed by atoms with Crippen molar-refractivity contribution in [2.45, 2.75) is 31.4 Å². The van der Waals surface area contributed by atoms with Gasteiger partial charge in [0.25, 0.3) is 5.91 Å². The lowest BCUT2D eigenvalue weighted by atomic mass is 10.1. The van der Waals surface area contributed by atoms with Crippen LogP contribution in [-0.2, 0) is 0 Å². The SMILES string of the molecule is CN(C)c1cc(C(=O)N2CCN([C@H]3CCC[C@H]3O)CC2)ccn1. The fourth-order valence-electron chi connectivity index (χ4n) is 3.58. The summed E-state index contributed by atoms with van der Waals surface area (Å²) in [5.41, 5.74) is 0.693. The minimum Gasteiger partial charge on any atom is -0.391 e. The van der Waals surface area contributed by atoms with Gasteiger partial charge in [-0.1, -0.05) is 0 Å². The first kappa shape index (κ1) is 16.2. The van der Waals surface area contributed by atoms with E-state index >= 15 is 0 Å². The molecule has 1 amide bonds. The zero-order valence-electron chi connectivity index (χ0n) is 14.0. The van der Waals surface area contributed by atoms with E-state index in [1.54, 1.807) is 12.3 Å². The van der Waals surface area contributed by atoms with Crippen LogP contribution in [0.15, 0.2) is 18.3 Å². The van der Waals surface area contributed by atoms with Gasteiger partial charge >= 0.3 is 0 Å². The van der Waals surface area contributed by atoms with Gasteiger partial charge in [-0.2, -0.15) is 0 Å². The lowest BCUT2D eigenvalue weighted by molar-refractivity contribution is 0.0315. The van der Waals surface area contributed by atoms with Crippen molar-refractivity contribution in [3.63, 3.8) is 0 Å². The molecule has 0 radical (unpaired) electrons. The van der Waals surface area contributed by atoms with E-state index in [9.17, 15) is 9.90 Å². The molecule has 2 aliphatic rings. The first-order valence-corrected chi connectivity index (χ1v) is 8.41. The van der Waals surface area contributed by atoms with Gasteiger partial charge in [0.05, 0.1) is 6.10 Å². The largest absolute Gasteiger partial charge is 0.391 e. The van der Waals surface area contributed by atoms with Gasteiger partial charge in [-0.15, -0.1) is 0 Å². The Morgan fingerprint density at radius 3 is 2.61 bits per heavy atom. The number of hydrogen-bond donors (Lipinski definition) is 1. The van der Waals surface area contributed by atoms with Crippen molar-refractivity contribution < 1.29 is 9.90 Å². The number of pyridine rings is 1. The molecule has 1 aromatic heterocycles. The third kappa shape index (κ3) is 3.48. The molecule has 1 aromatic rings. The summed E-state index contributed by atoms with van der Waals surface area (Å²) < 4.78 is 0. The Bertz CT molecular complexity index is 555. The molecule has 0 aromatic carbocycles. The van der Waals surface area contributed by atoms with Crippen molar-refractivity contribution in [1.29, 1.82) is 0 Å². The van der Waals surface area contributed by atoms with Crippen LogP contribution < -0.4 is 4.90 Å². The third-order valence-electron chi connectivity index (χ3n) is 4.97. The number of piperazine rings is 1. The van der Waals surface area contributed by atoms with Gasteiger partial charge in [0.15, 0.2) is 0 Å². The molecule has 2 heterocycles. The summed E-state index contributed by atoms with van der Waals surface area (Å²) in [5, 5.41) is 10.0. The van der Waals surface area contributed by atoms with E-state index in [4.69, 9.17) is 0 Å². The second kappa shape index (κ2) is 6.84. The van der Waals surface area contributed by atoms with Crippen LogP contribution >= 0.6 is 0 Å². The fraction of sp³-hybridized carbons (Fsp3) is 0.647. The number of anilines is 1. The normalized spacial score (nSPS) is 25.6. The van der Waals surface area contributed by atoms with Gasteiger partial charge in [0, 0.05) is 58.1 Å². The number of nitrogens with zero attached hydrogens (tertiary/aromatic N) is 4. The molecule has 6 nitrogen and oxygen atoms in total. The van der Waals surface area contributed by atoms with E-state index in [0.717, 1.165) is 51.3 Å². The fourth-order valence-corrected chi connectivity index (χ4v) is 3.58. The molecule has 6 heteroatoms. The quantitative estimate of drug-likeness (QED) is 0.894. The number of aromatic nitrogens is 1. The molecule has 1 saturated carbocycles. The number of amides is 1. The van der Waals surface area contributed by atoms with Crippen LogP contribution in [0.25, 0.3) is 0 Å². The number of carbonyl (C=O) groups is 1. The number of rotatable bonds is 3. The van der Waals surface area contributed by atoms with Gasteiger partial charge in [0.1, 0.15) is 5.82 Å². The Balaban J connectivity index is 1.61. The molecule has 126 valence electrons. The molecular formula is C17H26N4O2. The lowest BCUT2D eigenvalue weighted by Gasteiger charge is -2.39. The molecule has 1 aliphatic heterocycles. The minimum absolute atomic E-state index is 0.0714. The first-order chi connectivity index (χ1) is 11.1. The van der Waals surface area contributed by atoms with Crippen LogP contribution in [0, 0.1) is 0 Å². The predicted octanol–water partition coefficient (Wildman–Crippen LogP) is 0.819. The van der Waals surface area contributed by atoms with Crippen molar-refractivity contribution in [2.24, 2.45) is 0 Å². The highest BCUT2D eigenvalue weighted by atomic mass is 16.3. The topological polar surface area (TPSA) is 59.9 Å². The summed E-state index contributed by atoms with van der Waals surface area (Å²) >= 11 is 0. The Labute approximate surface area is 137 Å². The zero-order valence-corrected chi connectivity index (χ0v) is 14.0. The molecule has 1 saturated heterocycles. The first-order valence-electron chi connectivity index (χ1n) is 8.41. The smallest absolute Gasteiger partial charge is 0.254 e. The Hall–Kier alpha value is -1.66. The van der Waals surface area contributed by atoms with Crippen molar-refractivity contribution in [3.05, 3.63) is 23.9 Å². The number of aliphatic hydroxyl groups excluding tert-OH is 1. The van der Waals surface area contributed by atoms with E-state index in [1.165, 1.54) is 0 Å². The maximum atomic E-state index is 12.7. The molecule has 0 bridgehead atoms. The van der Waals surface area contributed by atoms with E-state index in [-0.39, 0.29) is 18.1 Å². The minimum atomic E-state index is -0.194. The number of aliphatic hydroxyl groups is 1. The maximum Gasteiger partial charge on any atom is 0.254 e. The van der Waals surface area contributed by atoms with Gasteiger partial charge in [-0.3, -0.25) is 9.69 Å². The van der Waals surface area contributed by atoms with Crippen LogP contribution in [-0.4, -0.2) is 78.2 Å². The van der Waals surface area contributed by atoms with Crippen LogP contribution in [0.1, 0.15) is 29.6 Å². The van der Waals surface area contributed by atoms with Crippen molar-refractivity contribution in [1.82, 2.24) is 14.8 Å². The summed E-state index contributed by atoms with van der Waals surface area (Å²) in [5.74, 6) is 0.866. The monoisotopic (exact) mass is 318 g/mol. The zero-order chi connectivity index (χ0) is 16.4. The molecule has 2 atom stereocenters. The lowest BCUT2D eigenvalue weighted by Crippen LogP contribution is -2.53. The van der Waals surface area contributed by atoms with Crippen LogP contribution in [0.4, 0.5) is 5.82 Å². The molecule has 23 heavy (non-hydrogen) atoms. The molecule has 1 N–H and O–H groups in total. The predicted molar refractivity (Wildman–Crippen MR) is 89.7 cm³/mol. The van der Waals surface area contributed by atoms with Crippen LogP contribution in [0.5, 0.6) is 0 Å². The van der Waals surface area contributed by atoms with E-state index in [2.05, 4.69) is 9.88 Å². The van der Waals surface area contributed by atoms with Crippen molar-refractivity contribution in [2.75, 3.05) is 45.2 Å². The Morgan fingerprint density at radius 2 is 2.00 bits per heavy atom. The second-order valence-electron chi connectivity index (χ2n) is 6.69. The van der Waals surface area contributed by atoms with Gasteiger partial charge in [-0.25, -0.2) is 4.98 Å². The maximum absolute atomic E-state index is 12.7. The van der Waals surface area contributed by atoms with E-state index < -0.39 is 0 Å². The molecule has 2 fully saturated rings. The van der Waals surface area contributed by atoms with Gasteiger partial charge in [0.2, 0.25) is 0 Å². The summed E-state index contributed by atoms with van der Waals surface area (Å²) in [6, 6.07) is 3.91. The van der Waals surface area contributed by atoms with Gasteiger partial charge in [-0.05, 0) is 31.4 Å². The highest BCUT2D eigenvalue weighted by Gasteiger charge is 2.33.